The number of rotatable bonds is 8. The maximum atomic E-state index is 11.8. The van der Waals surface area contributed by atoms with E-state index < -0.39 is 5.97 Å². The molecule has 0 saturated heterocycles. The number of ether oxygens (including phenoxy) is 1. The molecular weight excluding hydrogens is 308 g/mol. The number of hydrogen-bond donors (Lipinski definition) is 2. The van der Waals surface area contributed by atoms with Gasteiger partial charge in [-0.1, -0.05) is 0 Å². The summed E-state index contributed by atoms with van der Waals surface area (Å²) in [6.45, 7) is 1.90. The van der Waals surface area contributed by atoms with Gasteiger partial charge in [0.2, 0.25) is 5.91 Å². The van der Waals surface area contributed by atoms with E-state index in [4.69, 9.17) is 9.84 Å². The number of unbranched alkanes of at least 4 members (excludes halogenated alkanes) is 1. The van der Waals surface area contributed by atoms with E-state index >= 15 is 0 Å². The number of nitrogens with one attached hydrogen (secondary N) is 1. The molecule has 2 rings (SSSR count). The van der Waals surface area contributed by atoms with Crippen LogP contribution in [0.1, 0.15) is 31.2 Å². The second-order valence-corrected chi connectivity index (χ2v) is 5.42. The molecule has 1 aromatic heterocycles. The predicted molar refractivity (Wildman–Crippen MR) is 90.2 cm³/mol. The summed E-state index contributed by atoms with van der Waals surface area (Å²) in [5.74, 6) is 0.384. The fraction of sp³-hybridized carbons (Fsp3) is 0.278. The molecule has 126 valence electrons. The minimum atomic E-state index is -0.838. The number of nitrogens with zero attached hydrogens (tertiary/aromatic N) is 1. The van der Waals surface area contributed by atoms with E-state index in [1.54, 1.807) is 30.6 Å². The van der Waals surface area contributed by atoms with Crippen molar-refractivity contribution in [1.29, 1.82) is 0 Å². The Morgan fingerprint density at radius 3 is 2.67 bits per heavy atom. The van der Waals surface area contributed by atoms with Gasteiger partial charge in [0.05, 0.1) is 6.20 Å². The van der Waals surface area contributed by atoms with Crippen LogP contribution in [0.2, 0.25) is 0 Å². The summed E-state index contributed by atoms with van der Waals surface area (Å²) in [4.78, 5) is 26.3. The number of carboxylic acids is 1. The number of aromatic nitrogens is 1. The lowest BCUT2D eigenvalue weighted by Gasteiger charge is -2.11. The number of amides is 1. The summed E-state index contributed by atoms with van der Waals surface area (Å²) in [5, 5.41) is 11.4. The molecule has 1 heterocycles. The summed E-state index contributed by atoms with van der Waals surface area (Å²) in [7, 11) is 0. The zero-order chi connectivity index (χ0) is 17.4. The zero-order valence-electron chi connectivity index (χ0n) is 13.5. The molecule has 1 aromatic carbocycles. The monoisotopic (exact) mass is 328 g/mol. The van der Waals surface area contributed by atoms with E-state index in [2.05, 4.69) is 10.3 Å². The van der Waals surface area contributed by atoms with Crippen LogP contribution in [0.25, 0.3) is 0 Å². The van der Waals surface area contributed by atoms with Gasteiger partial charge < -0.3 is 15.2 Å². The Labute approximate surface area is 140 Å². The van der Waals surface area contributed by atoms with Gasteiger partial charge in [0.15, 0.2) is 0 Å². The fourth-order valence-electron chi connectivity index (χ4n) is 2.16. The first-order chi connectivity index (χ1) is 11.5. The van der Waals surface area contributed by atoms with Gasteiger partial charge in [0, 0.05) is 24.7 Å². The van der Waals surface area contributed by atoms with Gasteiger partial charge in [-0.25, -0.2) is 0 Å². The Kier molecular flexibility index (Phi) is 6.31. The number of anilines is 1. The smallest absolute Gasteiger partial charge is 0.303 e. The summed E-state index contributed by atoms with van der Waals surface area (Å²) in [6.07, 6.45) is 4.76. The van der Waals surface area contributed by atoms with Crippen LogP contribution >= 0.6 is 0 Å². The minimum Gasteiger partial charge on any atom is -0.481 e. The van der Waals surface area contributed by atoms with Crippen LogP contribution in [0, 0.1) is 6.92 Å². The van der Waals surface area contributed by atoms with E-state index in [9.17, 15) is 9.59 Å². The molecule has 0 aliphatic heterocycles. The molecule has 1 amide bonds. The summed E-state index contributed by atoms with van der Waals surface area (Å²) in [5.41, 5.74) is 1.58. The average Bonchev–Trinajstić information content (AvgIpc) is 2.55. The number of carbonyl (C=O) groups is 2. The first kappa shape index (κ1) is 17.5. The lowest BCUT2D eigenvalue weighted by atomic mass is 10.1. The Bertz CT molecular complexity index is 701. The number of aryl methyl sites for hydroxylation is 1. The van der Waals surface area contributed by atoms with Crippen LogP contribution in [-0.2, 0) is 9.59 Å². The van der Waals surface area contributed by atoms with Gasteiger partial charge in [-0.05, 0) is 55.7 Å². The van der Waals surface area contributed by atoms with Gasteiger partial charge in [0.1, 0.15) is 11.5 Å². The first-order valence-electron chi connectivity index (χ1n) is 7.75. The Hall–Kier alpha value is -2.89. The highest BCUT2D eigenvalue weighted by Crippen LogP contribution is 2.26. The lowest BCUT2D eigenvalue weighted by molar-refractivity contribution is -0.137. The largest absolute Gasteiger partial charge is 0.481 e. The summed E-state index contributed by atoms with van der Waals surface area (Å²) in [6, 6.07) is 9.01. The van der Waals surface area contributed by atoms with E-state index in [0.29, 0.717) is 36.4 Å². The third-order valence-corrected chi connectivity index (χ3v) is 3.37. The molecule has 0 spiro atoms. The van der Waals surface area contributed by atoms with Crippen LogP contribution < -0.4 is 10.1 Å². The molecule has 0 fully saturated rings. The molecule has 0 radical (unpaired) electrons. The molecule has 6 heteroatoms. The number of carbonyl (C=O) groups excluding carboxylic acids is 1. The van der Waals surface area contributed by atoms with Crippen molar-refractivity contribution in [3.63, 3.8) is 0 Å². The first-order valence-corrected chi connectivity index (χ1v) is 7.75. The zero-order valence-corrected chi connectivity index (χ0v) is 13.5. The quantitative estimate of drug-likeness (QED) is 0.720. The maximum Gasteiger partial charge on any atom is 0.303 e. The Morgan fingerprint density at radius 1 is 1.21 bits per heavy atom. The molecule has 2 N–H and O–H groups in total. The van der Waals surface area contributed by atoms with Gasteiger partial charge in [-0.2, -0.15) is 0 Å². The van der Waals surface area contributed by atoms with Crippen molar-refractivity contribution in [2.75, 3.05) is 5.32 Å². The Morgan fingerprint density at radius 2 is 2.00 bits per heavy atom. The molecule has 6 nitrogen and oxygen atoms in total. The summed E-state index contributed by atoms with van der Waals surface area (Å²) >= 11 is 0. The highest BCUT2D eigenvalue weighted by Gasteiger charge is 2.07. The molecule has 0 bridgehead atoms. The van der Waals surface area contributed by atoms with Crippen LogP contribution in [0.15, 0.2) is 42.7 Å². The average molecular weight is 328 g/mol. The van der Waals surface area contributed by atoms with Crippen molar-refractivity contribution < 1.29 is 19.4 Å². The topological polar surface area (TPSA) is 88.5 Å². The number of pyridine rings is 1. The van der Waals surface area contributed by atoms with E-state index in [-0.39, 0.29) is 12.3 Å². The number of aliphatic carboxylic acids is 1. The summed E-state index contributed by atoms with van der Waals surface area (Å²) < 4.78 is 5.74. The SMILES string of the molecule is Cc1cc(NC(=O)CCCCC(=O)O)ccc1Oc1cccnc1. The maximum absolute atomic E-state index is 11.8. The molecule has 0 unspecified atom stereocenters. The lowest BCUT2D eigenvalue weighted by Crippen LogP contribution is -2.11. The van der Waals surface area contributed by atoms with Crippen molar-refractivity contribution >= 4 is 17.6 Å². The molecule has 0 saturated carbocycles. The van der Waals surface area contributed by atoms with E-state index in [0.717, 1.165) is 5.56 Å². The normalized spacial score (nSPS) is 10.2. The van der Waals surface area contributed by atoms with Gasteiger partial charge in [-0.15, -0.1) is 0 Å². The van der Waals surface area contributed by atoms with Crippen LogP contribution in [-0.4, -0.2) is 22.0 Å². The molecule has 0 aliphatic rings. The molecule has 24 heavy (non-hydrogen) atoms. The second-order valence-electron chi connectivity index (χ2n) is 5.42. The molecular formula is C18H20N2O4. The molecule has 0 aliphatic carbocycles. The second kappa shape index (κ2) is 8.67. The van der Waals surface area contributed by atoms with E-state index in [1.807, 2.05) is 19.1 Å². The third kappa shape index (κ3) is 5.72. The predicted octanol–water partition coefficient (Wildman–Crippen LogP) is 3.77. The highest BCUT2D eigenvalue weighted by atomic mass is 16.5. The fourth-order valence-corrected chi connectivity index (χ4v) is 2.16. The van der Waals surface area contributed by atoms with Crippen molar-refractivity contribution in [2.24, 2.45) is 0 Å². The van der Waals surface area contributed by atoms with Gasteiger partial charge in [0.25, 0.3) is 0 Å². The van der Waals surface area contributed by atoms with Crippen molar-refractivity contribution in [2.45, 2.75) is 32.6 Å². The third-order valence-electron chi connectivity index (χ3n) is 3.37. The minimum absolute atomic E-state index is 0.0900. The van der Waals surface area contributed by atoms with E-state index in [1.165, 1.54) is 0 Å². The number of benzene rings is 1. The van der Waals surface area contributed by atoms with Crippen molar-refractivity contribution in [1.82, 2.24) is 4.98 Å². The van der Waals surface area contributed by atoms with Crippen LogP contribution in [0.4, 0.5) is 5.69 Å². The van der Waals surface area contributed by atoms with Crippen LogP contribution in [0.3, 0.4) is 0 Å². The van der Waals surface area contributed by atoms with Crippen molar-refractivity contribution in [3.8, 4) is 11.5 Å². The molecule has 2 aromatic rings. The number of carboxylic acid groups (broad SMARTS) is 1. The number of hydrogen-bond acceptors (Lipinski definition) is 4. The molecule has 0 atom stereocenters. The highest BCUT2D eigenvalue weighted by molar-refractivity contribution is 5.90. The van der Waals surface area contributed by atoms with Gasteiger partial charge in [-0.3, -0.25) is 14.6 Å². The standard InChI is InChI=1S/C18H20N2O4/c1-13-11-14(20-17(21)6-2-3-7-18(22)23)8-9-16(13)24-15-5-4-10-19-12-15/h4-5,8-12H,2-3,6-7H2,1H3,(H,20,21)(H,22,23). The van der Waals surface area contributed by atoms with Crippen LogP contribution in [0.5, 0.6) is 11.5 Å². The van der Waals surface area contributed by atoms with Crippen molar-refractivity contribution in [3.05, 3.63) is 48.3 Å². The Balaban J connectivity index is 1.87. The van der Waals surface area contributed by atoms with Gasteiger partial charge >= 0.3 is 5.97 Å².